The Morgan fingerprint density at radius 1 is 1.29 bits per heavy atom. The van der Waals surface area contributed by atoms with Gasteiger partial charge in [-0.2, -0.15) is 0 Å². The highest BCUT2D eigenvalue weighted by molar-refractivity contribution is 7.22. The number of hydrogen-bond donors (Lipinski definition) is 0. The zero-order chi connectivity index (χ0) is 23.9. The van der Waals surface area contributed by atoms with E-state index in [0.717, 1.165) is 49.7 Å². The molecule has 0 spiro atoms. The van der Waals surface area contributed by atoms with Crippen LogP contribution in [0.15, 0.2) is 64.5 Å². The molecule has 4 rings (SSSR count). The predicted molar refractivity (Wildman–Crippen MR) is 140 cm³/mol. The van der Waals surface area contributed by atoms with Crippen LogP contribution < -0.4 is 5.56 Å². The summed E-state index contributed by atoms with van der Waals surface area (Å²) in [6.45, 7) is 10.4. The van der Waals surface area contributed by atoms with Gasteiger partial charge in [-0.3, -0.25) is 14.3 Å². The molecule has 0 radical (unpaired) electrons. The molecule has 1 aliphatic rings. The number of halogens is 1. The van der Waals surface area contributed by atoms with Crippen LogP contribution in [0, 0.1) is 0 Å². The van der Waals surface area contributed by atoms with Crippen molar-refractivity contribution in [2.45, 2.75) is 13.3 Å². The highest BCUT2D eigenvalue weighted by Crippen LogP contribution is 2.31. The zero-order valence-corrected chi connectivity index (χ0v) is 20.6. The molecule has 178 valence electrons. The van der Waals surface area contributed by atoms with Crippen molar-refractivity contribution in [1.82, 2.24) is 14.5 Å². The molecule has 3 aromatic rings. The second kappa shape index (κ2) is 11.6. The summed E-state index contributed by atoms with van der Waals surface area (Å²) in [5.74, 6) is 0.421. The van der Waals surface area contributed by atoms with E-state index in [4.69, 9.17) is 21.1 Å². The van der Waals surface area contributed by atoms with E-state index in [-0.39, 0.29) is 5.56 Å². The van der Waals surface area contributed by atoms with Gasteiger partial charge in [-0.05, 0) is 49.9 Å². The van der Waals surface area contributed by atoms with Gasteiger partial charge in [0.2, 0.25) is 5.88 Å². The minimum absolute atomic E-state index is 0.114. The number of ether oxygens (including phenoxy) is 2. The monoisotopic (exact) mass is 498 g/mol. The lowest BCUT2D eigenvalue weighted by molar-refractivity contribution is 0.0343. The molecule has 0 amide bonds. The number of benzene rings is 1. The van der Waals surface area contributed by atoms with E-state index in [1.54, 1.807) is 18.5 Å². The first kappa shape index (κ1) is 24.3. The van der Waals surface area contributed by atoms with Gasteiger partial charge >= 0.3 is 0 Å². The van der Waals surface area contributed by atoms with Crippen LogP contribution >= 0.6 is 22.9 Å². The van der Waals surface area contributed by atoms with E-state index in [9.17, 15) is 4.79 Å². The molecule has 0 unspecified atom stereocenters. The molecule has 1 aromatic carbocycles. The first-order valence-corrected chi connectivity index (χ1v) is 12.3. The maximum atomic E-state index is 13.1. The van der Waals surface area contributed by atoms with Crippen molar-refractivity contribution in [3.05, 3.63) is 70.1 Å². The summed E-state index contributed by atoms with van der Waals surface area (Å²) >= 11 is 7.41. The van der Waals surface area contributed by atoms with Crippen LogP contribution in [0.3, 0.4) is 0 Å². The second-order valence-corrected chi connectivity index (χ2v) is 9.37. The Labute approximate surface area is 207 Å². The Morgan fingerprint density at radius 3 is 2.79 bits per heavy atom. The van der Waals surface area contributed by atoms with Crippen molar-refractivity contribution >= 4 is 45.6 Å². The number of thiophene rings is 1. The van der Waals surface area contributed by atoms with Gasteiger partial charge in [0, 0.05) is 41.3 Å². The normalized spacial score (nSPS) is 15.6. The Kier molecular flexibility index (Phi) is 8.29. The third-order valence-electron chi connectivity index (χ3n) is 5.54. The molecule has 0 aliphatic carbocycles. The lowest BCUT2D eigenvalue weighted by atomic mass is 10.2. The van der Waals surface area contributed by atoms with Crippen molar-refractivity contribution in [3.8, 4) is 10.4 Å². The summed E-state index contributed by atoms with van der Waals surface area (Å²) in [6.07, 6.45) is 5.95. The first-order valence-electron chi connectivity index (χ1n) is 11.1. The summed E-state index contributed by atoms with van der Waals surface area (Å²) in [6, 6.07) is 9.47. The summed E-state index contributed by atoms with van der Waals surface area (Å²) in [5.41, 5.74) is 2.27. The molecule has 1 saturated heterocycles. The maximum absolute atomic E-state index is 13.1. The molecule has 7 nitrogen and oxygen atoms in total. The number of aliphatic imine (C=N–C) groups is 1. The Hall–Kier alpha value is -2.78. The third-order valence-corrected chi connectivity index (χ3v) is 6.96. The zero-order valence-electron chi connectivity index (χ0n) is 19.1. The number of nitrogens with zero attached hydrogens (tertiary/aromatic N) is 4. The van der Waals surface area contributed by atoms with Crippen molar-refractivity contribution in [2.75, 3.05) is 39.5 Å². The molecular formula is C25H27ClN4O3S. The van der Waals surface area contributed by atoms with Gasteiger partial charge in [0.15, 0.2) is 0 Å². The fourth-order valence-electron chi connectivity index (χ4n) is 3.63. The summed E-state index contributed by atoms with van der Waals surface area (Å²) in [4.78, 5) is 24.9. The molecule has 1 aliphatic heterocycles. The van der Waals surface area contributed by atoms with Gasteiger partial charge in [-0.25, -0.2) is 9.98 Å². The number of aromatic nitrogens is 2. The minimum Gasteiger partial charge on any atom is -0.478 e. The Bertz CT molecular complexity index is 1260. The van der Waals surface area contributed by atoms with Crippen LogP contribution in [0.2, 0.25) is 5.02 Å². The number of rotatable bonds is 9. The molecule has 2 aromatic heterocycles. The van der Waals surface area contributed by atoms with Crippen LogP contribution in [-0.2, 0) is 9.47 Å². The van der Waals surface area contributed by atoms with Gasteiger partial charge in [0.1, 0.15) is 11.0 Å². The standard InChI is InChI=1S/C25H27ClN4O3S/c1-18(4-9-23(27-2)33-13-3-10-29-11-14-32-15-12-29)30-17-28-21-16-22(34-24(21)25(30)31)19-5-7-20(26)8-6-19/h4-9,16-17H,2-3,10-15H2,1H3. The van der Waals surface area contributed by atoms with E-state index in [1.807, 2.05) is 37.3 Å². The van der Waals surface area contributed by atoms with E-state index in [1.165, 1.54) is 15.9 Å². The van der Waals surface area contributed by atoms with Crippen LogP contribution in [0.25, 0.3) is 26.4 Å². The fraction of sp³-hybridized carbons (Fsp3) is 0.320. The topological polar surface area (TPSA) is 69.0 Å². The largest absolute Gasteiger partial charge is 0.478 e. The highest BCUT2D eigenvalue weighted by Gasteiger charge is 2.12. The lowest BCUT2D eigenvalue weighted by Crippen LogP contribution is -2.37. The fourth-order valence-corrected chi connectivity index (χ4v) is 4.80. The van der Waals surface area contributed by atoms with Crippen LogP contribution in [-0.4, -0.2) is 60.6 Å². The first-order chi connectivity index (χ1) is 16.5. The van der Waals surface area contributed by atoms with Gasteiger partial charge in [0.25, 0.3) is 5.56 Å². The van der Waals surface area contributed by atoms with Gasteiger partial charge < -0.3 is 9.47 Å². The van der Waals surface area contributed by atoms with Crippen molar-refractivity contribution < 1.29 is 9.47 Å². The van der Waals surface area contributed by atoms with Gasteiger partial charge in [0.05, 0.1) is 25.3 Å². The minimum atomic E-state index is -0.114. The van der Waals surface area contributed by atoms with Crippen LogP contribution in [0.4, 0.5) is 0 Å². The summed E-state index contributed by atoms with van der Waals surface area (Å²) in [7, 11) is 0. The van der Waals surface area contributed by atoms with E-state index in [2.05, 4.69) is 21.6 Å². The van der Waals surface area contributed by atoms with Crippen molar-refractivity contribution in [2.24, 2.45) is 4.99 Å². The van der Waals surface area contributed by atoms with Gasteiger partial charge in [-0.15, -0.1) is 11.3 Å². The van der Waals surface area contributed by atoms with Crippen LogP contribution in [0.5, 0.6) is 0 Å². The SMILES string of the molecule is C=NC(=CC=C(C)n1cnc2cc(-c3ccc(Cl)cc3)sc2c1=O)OCCCN1CCOCC1. The molecule has 0 bridgehead atoms. The van der Waals surface area contributed by atoms with Crippen molar-refractivity contribution in [3.63, 3.8) is 0 Å². The molecular weight excluding hydrogens is 472 g/mol. The van der Waals surface area contributed by atoms with E-state index >= 15 is 0 Å². The molecule has 0 atom stereocenters. The molecule has 0 N–H and O–H groups in total. The Morgan fingerprint density at radius 2 is 2.06 bits per heavy atom. The summed E-state index contributed by atoms with van der Waals surface area (Å²) < 4.78 is 13.2. The van der Waals surface area contributed by atoms with Crippen molar-refractivity contribution in [1.29, 1.82) is 0 Å². The number of allylic oxidation sites excluding steroid dienone is 3. The Balaban J connectivity index is 1.44. The number of fused-ring (bicyclic) bond motifs is 1. The predicted octanol–water partition coefficient (Wildman–Crippen LogP) is 4.92. The molecule has 0 saturated carbocycles. The van der Waals surface area contributed by atoms with E-state index < -0.39 is 0 Å². The summed E-state index contributed by atoms with van der Waals surface area (Å²) in [5, 5.41) is 0.675. The maximum Gasteiger partial charge on any atom is 0.275 e. The number of morpholine rings is 1. The van der Waals surface area contributed by atoms with Crippen LogP contribution in [0.1, 0.15) is 13.3 Å². The molecule has 34 heavy (non-hydrogen) atoms. The molecule has 9 heteroatoms. The average molecular weight is 499 g/mol. The molecule has 1 fully saturated rings. The second-order valence-electron chi connectivity index (χ2n) is 7.88. The number of hydrogen-bond acceptors (Lipinski definition) is 7. The molecule has 3 heterocycles. The third kappa shape index (κ3) is 6.01. The highest BCUT2D eigenvalue weighted by atomic mass is 35.5. The van der Waals surface area contributed by atoms with Gasteiger partial charge in [-0.1, -0.05) is 23.7 Å². The lowest BCUT2D eigenvalue weighted by Gasteiger charge is -2.26. The quantitative estimate of drug-likeness (QED) is 0.181. The average Bonchev–Trinajstić information content (AvgIpc) is 3.30. The smallest absolute Gasteiger partial charge is 0.275 e. The van der Waals surface area contributed by atoms with E-state index in [0.29, 0.717) is 33.4 Å².